The normalized spacial score (nSPS) is 11.0. The fraction of sp³-hybridized carbons (Fsp3) is 0.364. The Morgan fingerprint density at radius 1 is 1.48 bits per heavy atom. The van der Waals surface area contributed by atoms with Crippen molar-refractivity contribution >= 4 is 17.3 Å². The maximum atomic E-state index is 12.5. The molecular weight excluding hydrogens is 297 g/mol. The number of carbonyl (C=O) groups is 1. The summed E-state index contributed by atoms with van der Waals surface area (Å²) < 4.78 is 42.1. The van der Waals surface area contributed by atoms with E-state index in [0.29, 0.717) is 4.90 Å². The lowest BCUT2D eigenvalue weighted by atomic mass is 10.2. The van der Waals surface area contributed by atoms with E-state index in [1.54, 1.807) is 0 Å². The molecule has 116 valence electrons. The molecule has 0 amide bonds. The molecule has 0 unspecified atom stereocenters. The molecule has 1 aromatic carbocycles. The van der Waals surface area contributed by atoms with E-state index in [2.05, 4.69) is 0 Å². The Labute approximate surface area is 116 Å². The van der Waals surface area contributed by atoms with Crippen LogP contribution in [-0.2, 0) is 4.79 Å². The summed E-state index contributed by atoms with van der Waals surface area (Å²) in [5, 5.41) is 19.4. The Balaban J connectivity index is 3.18. The third-order valence-electron chi connectivity index (χ3n) is 2.42. The highest BCUT2D eigenvalue weighted by Gasteiger charge is 2.32. The highest BCUT2D eigenvalue weighted by Crippen LogP contribution is 2.32. The van der Waals surface area contributed by atoms with E-state index >= 15 is 0 Å². The first-order valence-electron chi connectivity index (χ1n) is 5.50. The Kier molecular flexibility index (Phi) is 4.95. The number of carboxylic acids is 1. The van der Waals surface area contributed by atoms with Crippen LogP contribution < -0.4 is 9.64 Å². The molecule has 0 aliphatic carbocycles. The lowest BCUT2D eigenvalue weighted by Crippen LogP contribution is -2.37. The number of rotatable bonds is 6. The smallest absolute Gasteiger partial charge is 0.405 e. The monoisotopic (exact) mass is 308 g/mol. The number of nitro groups is 1. The number of ether oxygens (including phenoxy) is 1. The summed E-state index contributed by atoms with van der Waals surface area (Å²) in [5.41, 5.74) is -0.569. The predicted molar refractivity (Wildman–Crippen MR) is 65.6 cm³/mol. The zero-order chi connectivity index (χ0) is 16.2. The first-order chi connectivity index (χ1) is 9.64. The van der Waals surface area contributed by atoms with Crippen LogP contribution in [0.3, 0.4) is 0 Å². The van der Waals surface area contributed by atoms with Crippen molar-refractivity contribution in [2.24, 2.45) is 0 Å². The number of carboxylic acid groups (broad SMARTS) is 1. The van der Waals surface area contributed by atoms with E-state index in [1.807, 2.05) is 0 Å². The van der Waals surface area contributed by atoms with Gasteiger partial charge in [-0.25, -0.2) is 0 Å². The van der Waals surface area contributed by atoms with Crippen LogP contribution in [0.5, 0.6) is 5.75 Å². The molecule has 0 aromatic heterocycles. The molecular formula is C11H11F3N2O5. The minimum Gasteiger partial charge on any atom is -0.490 e. The summed E-state index contributed by atoms with van der Waals surface area (Å²) in [7, 11) is 1.12. The lowest BCUT2D eigenvalue weighted by Gasteiger charge is -2.24. The predicted octanol–water partition coefficient (Wildman–Crippen LogP) is 2.06. The Bertz CT molecular complexity index is 547. The van der Waals surface area contributed by atoms with Gasteiger partial charge in [-0.3, -0.25) is 14.9 Å². The average molecular weight is 308 g/mol. The molecule has 1 aromatic rings. The molecule has 0 saturated heterocycles. The van der Waals surface area contributed by atoms with E-state index in [-0.39, 0.29) is 11.4 Å². The second kappa shape index (κ2) is 6.29. The molecule has 0 saturated carbocycles. The van der Waals surface area contributed by atoms with Gasteiger partial charge in [-0.05, 0) is 6.07 Å². The van der Waals surface area contributed by atoms with E-state index in [0.717, 1.165) is 25.3 Å². The van der Waals surface area contributed by atoms with Gasteiger partial charge >= 0.3 is 17.8 Å². The number of benzene rings is 1. The lowest BCUT2D eigenvalue weighted by molar-refractivity contribution is -0.385. The second-order valence-electron chi connectivity index (χ2n) is 3.98. The number of alkyl halides is 3. The Hall–Kier alpha value is -2.52. The Morgan fingerprint density at radius 3 is 2.52 bits per heavy atom. The SMILES string of the molecule is COc1cc(N(CC(=O)O)CC(F)(F)F)ccc1[N+](=O)[O-]. The van der Waals surface area contributed by atoms with Gasteiger partial charge in [-0.2, -0.15) is 13.2 Å². The van der Waals surface area contributed by atoms with Crippen LogP contribution in [-0.4, -0.2) is 42.4 Å². The van der Waals surface area contributed by atoms with Crippen molar-refractivity contribution in [3.8, 4) is 5.75 Å². The fourth-order valence-electron chi connectivity index (χ4n) is 1.63. The summed E-state index contributed by atoms with van der Waals surface area (Å²) in [6.45, 7) is -2.40. The molecule has 0 atom stereocenters. The molecule has 0 bridgehead atoms. The maximum absolute atomic E-state index is 12.5. The van der Waals surface area contributed by atoms with Crippen LogP contribution in [0.1, 0.15) is 0 Å². The fourth-order valence-corrected chi connectivity index (χ4v) is 1.63. The van der Waals surface area contributed by atoms with Gasteiger partial charge in [0.1, 0.15) is 13.1 Å². The van der Waals surface area contributed by atoms with Gasteiger partial charge in [-0.1, -0.05) is 0 Å². The van der Waals surface area contributed by atoms with Crippen molar-refractivity contribution in [1.29, 1.82) is 0 Å². The molecule has 0 aliphatic rings. The molecule has 0 fully saturated rings. The summed E-state index contributed by atoms with van der Waals surface area (Å²) in [4.78, 5) is 21.1. The van der Waals surface area contributed by atoms with E-state index in [1.165, 1.54) is 0 Å². The van der Waals surface area contributed by atoms with E-state index in [9.17, 15) is 28.1 Å². The Morgan fingerprint density at radius 2 is 2.10 bits per heavy atom. The van der Waals surface area contributed by atoms with E-state index < -0.39 is 35.8 Å². The standard InChI is InChI=1S/C11H11F3N2O5/c1-21-9-4-7(2-3-8(9)16(19)20)15(5-10(17)18)6-11(12,13)14/h2-4H,5-6H2,1H3,(H,17,18). The van der Waals surface area contributed by atoms with Crippen LogP contribution in [0.4, 0.5) is 24.5 Å². The van der Waals surface area contributed by atoms with Crippen molar-refractivity contribution in [1.82, 2.24) is 0 Å². The molecule has 1 rings (SSSR count). The van der Waals surface area contributed by atoms with Crippen LogP contribution >= 0.6 is 0 Å². The number of methoxy groups -OCH3 is 1. The van der Waals surface area contributed by atoms with Crippen LogP contribution in [0, 0.1) is 10.1 Å². The van der Waals surface area contributed by atoms with Gasteiger partial charge in [-0.15, -0.1) is 0 Å². The zero-order valence-corrected chi connectivity index (χ0v) is 10.8. The zero-order valence-electron chi connectivity index (χ0n) is 10.8. The van der Waals surface area contributed by atoms with Gasteiger partial charge in [0, 0.05) is 17.8 Å². The molecule has 7 nitrogen and oxygen atoms in total. The number of aliphatic carboxylic acids is 1. The minimum atomic E-state index is -4.62. The number of hydrogen-bond acceptors (Lipinski definition) is 5. The van der Waals surface area contributed by atoms with E-state index in [4.69, 9.17) is 9.84 Å². The van der Waals surface area contributed by atoms with Crippen molar-refractivity contribution in [3.05, 3.63) is 28.3 Å². The molecule has 10 heteroatoms. The van der Waals surface area contributed by atoms with Crippen molar-refractivity contribution in [2.75, 3.05) is 25.1 Å². The number of nitro benzene ring substituents is 1. The first kappa shape index (κ1) is 16.5. The molecule has 0 aliphatic heterocycles. The second-order valence-corrected chi connectivity index (χ2v) is 3.98. The van der Waals surface area contributed by atoms with Crippen molar-refractivity contribution in [2.45, 2.75) is 6.18 Å². The summed E-state index contributed by atoms with van der Waals surface area (Å²) in [6.07, 6.45) is -4.62. The quantitative estimate of drug-likeness (QED) is 0.638. The molecule has 0 spiro atoms. The maximum Gasteiger partial charge on any atom is 0.405 e. The van der Waals surface area contributed by atoms with Gasteiger partial charge in [0.25, 0.3) is 0 Å². The number of hydrogen-bond donors (Lipinski definition) is 1. The molecule has 21 heavy (non-hydrogen) atoms. The number of anilines is 1. The topological polar surface area (TPSA) is 92.9 Å². The number of nitrogens with zero attached hydrogens (tertiary/aromatic N) is 2. The largest absolute Gasteiger partial charge is 0.490 e. The molecule has 0 radical (unpaired) electrons. The van der Waals surface area contributed by atoms with Crippen LogP contribution in [0.15, 0.2) is 18.2 Å². The van der Waals surface area contributed by atoms with Crippen LogP contribution in [0.2, 0.25) is 0 Å². The molecule has 1 N–H and O–H groups in total. The number of halogens is 3. The van der Waals surface area contributed by atoms with Crippen molar-refractivity contribution in [3.63, 3.8) is 0 Å². The third kappa shape index (κ3) is 4.82. The van der Waals surface area contributed by atoms with Gasteiger partial charge in [0.05, 0.1) is 12.0 Å². The summed E-state index contributed by atoms with van der Waals surface area (Å²) >= 11 is 0. The highest BCUT2D eigenvalue weighted by molar-refractivity contribution is 5.74. The molecule has 0 heterocycles. The van der Waals surface area contributed by atoms with Gasteiger partial charge in [0.2, 0.25) is 0 Å². The van der Waals surface area contributed by atoms with Gasteiger partial charge < -0.3 is 14.7 Å². The highest BCUT2D eigenvalue weighted by atomic mass is 19.4. The summed E-state index contributed by atoms with van der Waals surface area (Å²) in [5.74, 6) is -1.72. The average Bonchev–Trinajstić information content (AvgIpc) is 2.34. The third-order valence-corrected chi connectivity index (χ3v) is 2.42. The first-order valence-corrected chi connectivity index (χ1v) is 5.50. The minimum absolute atomic E-state index is 0.142. The van der Waals surface area contributed by atoms with Crippen LogP contribution in [0.25, 0.3) is 0 Å². The van der Waals surface area contributed by atoms with Gasteiger partial charge in [0.15, 0.2) is 5.75 Å². The summed E-state index contributed by atoms with van der Waals surface area (Å²) in [6, 6.07) is 2.99. The van der Waals surface area contributed by atoms with Crippen molar-refractivity contribution < 1.29 is 32.7 Å².